The molecule has 2 rings (SSSR count). The summed E-state index contributed by atoms with van der Waals surface area (Å²) >= 11 is 0. The van der Waals surface area contributed by atoms with Crippen LogP contribution in [0.5, 0.6) is 0 Å². The molecule has 0 bridgehead atoms. The van der Waals surface area contributed by atoms with Crippen LogP contribution >= 0.6 is 0 Å². The van der Waals surface area contributed by atoms with Crippen LogP contribution in [0.2, 0.25) is 0 Å². The summed E-state index contributed by atoms with van der Waals surface area (Å²) in [5.74, 6) is 1.09. The van der Waals surface area contributed by atoms with Crippen molar-refractivity contribution in [2.45, 2.75) is 33.2 Å². The van der Waals surface area contributed by atoms with E-state index in [9.17, 15) is 0 Å². The number of hydrogen-bond acceptors (Lipinski definition) is 4. The van der Waals surface area contributed by atoms with Crippen molar-refractivity contribution in [1.29, 1.82) is 0 Å². The van der Waals surface area contributed by atoms with E-state index in [1.165, 1.54) is 0 Å². The van der Waals surface area contributed by atoms with Gasteiger partial charge in [-0.2, -0.15) is 5.10 Å². The van der Waals surface area contributed by atoms with Gasteiger partial charge in [0.2, 0.25) is 5.95 Å². The third-order valence-corrected chi connectivity index (χ3v) is 2.82. The normalized spacial score (nSPS) is 10.9. The Kier molecular flexibility index (Phi) is 3.60. The van der Waals surface area contributed by atoms with Crippen molar-refractivity contribution in [2.75, 3.05) is 5.32 Å². The SMILES string of the molecule is Cc1cc(C(C)C)nc(NCc2ccnn2C)n1. The Bertz CT molecular complexity index is 530. The molecule has 0 aliphatic rings. The fraction of sp³-hybridized carbons (Fsp3) is 0.462. The van der Waals surface area contributed by atoms with Crippen LogP contribution in [0.1, 0.15) is 36.8 Å². The van der Waals surface area contributed by atoms with Crippen molar-refractivity contribution >= 4 is 5.95 Å². The van der Waals surface area contributed by atoms with Crippen LogP contribution in [0.3, 0.4) is 0 Å². The van der Waals surface area contributed by atoms with Crippen molar-refractivity contribution in [2.24, 2.45) is 7.05 Å². The zero-order valence-corrected chi connectivity index (χ0v) is 11.3. The van der Waals surface area contributed by atoms with E-state index < -0.39 is 0 Å². The molecule has 0 aliphatic carbocycles. The van der Waals surface area contributed by atoms with E-state index in [-0.39, 0.29) is 0 Å². The summed E-state index contributed by atoms with van der Waals surface area (Å²) in [5.41, 5.74) is 3.16. The number of aromatic nitrogens is 4. The third-order valence-electron chi connectivity index (χ3n) is 2.82. The van der Waals surface area contributed by atoms with E-state index in [4.69, 9.17) is 0 Å². The minimum Gasteiger partial charge on any atom is -0.349 e. The highest BCUT2D eigenvalue weighted by atomic mass is 15.3. The Hall–Kier alpha value is -1.91. The predicted molar refractivity (Wildman–Crippen MR) is 71.4 cm³/mol. The molecule has 0 aromatic carbocycles. The van der Waals surface area contributed by atoms with Gasteiger partial charge in [0, 0.05) is 24.6 Å². The standard InChI is InChI=1S/C13H19N5/c1-9(2)12-7-10(3)16-13(17-12)14-8-11-5-6-15-18(11)4/h5-7,9H,8H2,1-4H3,(H,14,16,17). The topological polar surface area (TPSA) is 55.6 Å². The molecule has 0 atom stereocenters. The van der Waals surface area contributed by atoms with Crippen LogP contribution in [0.25, 0.3) is 0 Å². The summed E-state index contributed by atoms with van der Waals surface area (Å²) in [6, 6.07) is 4.01. The minimum atomic E-state index is 0.406. The largest absolute Gasteiger partial charge is 0.349 e. The maximum atomic E-state index is 4.51. The van der Waals surface area contributed by atoms with Gasteiger partial charge in [0.15, 0.2) is 0 Å². The second-order valence-corrected chi connectivity index (χ2v) is 4.71. The Morgan fingerprint density at radius 3 is 2.72 bits per heavy atom. The molecule has 5 nitrogen and oxygen atoms in total. The van der Waals surface area contributed by atoms with Crippen molar-refractivity contribution < 1.29 is 0 Å². The van der Waals surface area contributed by atoms with Crippen molar-refractivity contribution in [1.82, 2.24) is 19.7 Å². The van der Waals surface area contributed by atoms with Gasteiger partial charge in [-0.15, -0.1) is 0 Å². The number of aryl methyl sites for hydroxylation is 2. The first kappa shape index (κ1) is 12.5. The van der Waals surface area contributed by atoms with Crippen LogP contribution in [0.4, 0.5) is 5.95 Å². The first-order valence-electron chi connectivity index (χ1n) is 6.12. The van der Waals surface area contributed by atoms with Gasteiger partial charge in [-0.1, -0.05) is 13.8 Å². The molecule has 0 saturated heterocycles. The van der Waals surface area contributed by atoms with Crippen LogP contribution in [-0.2, 0) is 13.6 Å². The van der Waals surface area contributed by atoms with Crippen molar-refractivity contribution in [3.05, 3.63) is 35.4 Å². The fourth-order valence-electron chi connectivity index (χ4n) is 1.71. The lowest BCUT2D eigenvalue weighted by atomic mass is 10.1. The molecule has 0 radical (unpaired) electrons. The highest BCUT2D eigenvalue weighted by Crippen LogP contribution is 2.14. The quantitative estimate of drug-likeness (QED) is 0.897. The van der Waals surface area contributed by atoms with Gasteiger partial charge < -0.3 is 5.32 Å². The van der Waals surface area contributed by atoms with Gasteiger partial charge in [0.05, 0.1) is 12.2 Å². The van der Waals surface area contributed by atoms with Crippen molar-refractivity contribution in [3.8, 4) is 0 Å². The summed E-state index contributed by atoms with van der Waals surface area (Å²) in [4.78, 5) is 8.90. The van der Waals surface area contributed by atoms with Crippen LogP contribution in [-0.4, -0.2) is 19.7 Å². The summed E-state index contributed by atoms with van der Waals surface area (Å²) in [6.45, 7) is 6.93. The molecule has 2 heterocycles. The lowest BCUT2D eigenvalue weighted by Crippen LogP contribution is -2.09. The van der Waals surface area contributed by atoms with E-state index in [0.29, 0.717) is 18.4 Å². The summed E-state index contributed by atoms with van der Waals surface area (Å²) in [7, 11) is 1.92. The van der Waals surface area contributed by atoms with Gasteiger partial charge in [0.1, 0.15) is 0 Å². The maximum Gasteiger partial charge on any atom is 0.223 e. The van der Waals surface area contributed by atoms with E-state index in [1.54, 1.807) is 6.20 Å². The lowest BCUT2D eigenvalue weighted by molar-refractivity contribution is 0.718. The number of anilines is 1. The summed E-state index contributed by atoms with van der Waals surface area (Å²) in [5, 5.41) is 7.37. The molecular weight excluding hydrogens is 226 g/mol. The van der Waals surface area contributed by atoms with Gasteiger partial charge >= 0.3 is 0 Å². The number of nitrogens with zero attached hydrogens (tertiary/aromatic N) is 4. The Labute approximate surface area is 107 Å². The minimum absolute atomic E-state index is 0.406. The highest BCUT2D eigenvalue weighted by Gasteiger charge is 2.06. The third kappa shape index (κ3) is 2.85. The molecule has 0 aliphatic heterocycles. The molecule has 0 unspecified atom stereocenters. The summed E-state index contributed by atoms with van der Waals surface area (Å²) < 4.78 is 1.84. The van der Waals surface area contributed by atoms with Crippen LogP contribution in [0.15, 0.2) is 18.3 Å². The second kappa shape index (κ2) is 5.16. The van der Waals surface area contributed by atoms with Gasteiger partial charge in [0.25, 0.3) is 0 Å². The van der Waals surface area contributed by atoms with Crippen LogP contribution in [0, 0.1) is 6.92 Å². The number of nitrogens with one attached hydrogen (secondary N) is 1. The Balaban J connectivity index is 2.12. The molecule has 96 valence electrons. The van der Waals surface area contributed by atoms with Crippen LogP contribution < -0.4 is 5.32 Å². The maximum absolute atomic E-state index is 4.51. The molecule has 5 heteroatoms. The average Bonchev–Trinajstić information content (AvgIpc) is 2.71. The molecule has 0 fully saturated rings. The molecule has 2 aromatic rings. The molecule has 18 heavy (non-hydrogen) atoms. The van der Waals surface area contributed by atoms with E-state index in [0.717, 1.165) is 17.1 Å². The first-order valence-corrected chi connectivity index (χ1v) is 6.12. The zero-order chi connectivity index (χ0) is 13.1. The molecule has 2 aromatic heterocycles. The molecule has 0 spiro atoms. The predicted octanol–water partition coefficient (Wildman–Crippen LogP) is 2.25. The van der Waals surface area contributed by atoms with Gasteiger partial charge in [-0.25, -0.2) is 9.97 Å². The smallest absolute Gasteiger partial charge is 0.223 e. The van der Waals surface area contributed by atoms with Gasteiger partial charge in [-0.05, 0) is 25.0 Å². The molecular formula is C13H19N5. The van der Waals surface area contributed by atoms with Crippen molar-refractivity contribution in [3.63, 3.8) is 0 Å². The monoisotopic (exact) mass is 245 g/mol. The number of hydrogen-bond donors (Lipinski definition) is 1. The van der Waals surface area contributed by atoms with E-state index in [1.807, 2.05) is 30.8 Å². The average molecular weight is 245 g/mol. The molecule has 1 N–H and O–H groups in total. The summed E-state index contributed by atoms with van der Waals surface area (Å²) in [6.07, 6.45) is 1.79. The zero-order valence-electron chi connectivity index (χ0n) is 11.3. The Morgan fingerprint density at radius 2 is 2.11 bits per heavy atom. The first-order chi connectivity index (χ1) is 8.56. The van der Waals surface area contributed by atoms with E-state index >= 15 is 0 Å². The van der Waals surface area contributed by atoms with E-state index in [2.05, 4.69) is 34.2 Å². The van der Waals surface area contributed by atoms with Gasteiger partial charge in [-0.3, -0.25) is 4.68 Å². The number of rotatable bonds is 4. The lowest BCUT2D eigenvalue weighted by Gasteiger charge is -2.10. The molecule has 0 saturated carbocycles. The molecule has 0 amide bonds. The Morgan fingerprint density at radius 1 is 1.33 bits per heavy atom. The fourth-order valence-corrected chi connectivity index (χ4v) is 1.71. The second-order valence-electron chi connectivity index (χ2n) is 4.71. The highest BCUT2D eigenvalue weighted by molar-refractivity contribution is 5.29.